The van der Waals surface area contributed by atoms with Crippen molar-refractivity contribution in [3.8, 4) is 0 Å². The fraction of sp³-hybridized carbons (Fsp3) is 0.562. The molecule has 2 aromatic rings. The third-order valence-corrected chi connectivity index (χ3v) is 4.61. The molecule has 0 radical (unpaired) electrons. The number of fused-ring (bicyclic) bond motifs is 1. The lowest BCUT2D eigenvalue weighted by Crippen LogP contribution is -2.14. The van der Waals surface area contributed by atoms with E-state index >= 15 is 0 Å². The van der Waals surface area contributed by atoms with Crippen molar-refractivity contribution >= 4 is 22.6 Å². The minimum atomic E-state index is -0.824. The molecule has 1 aliphatic rings. The van der Waals surface area contributed by atoms with Crippen LogP contribution in [0.25, 0.3) is 11.0 Å². The zero-order valence-electron chi connectivity index (χ0n) is 11.9. The molecule has 0 saturated heterocycles. The first-order valence-electron chi connectivity index (χ1n) is 7.63. The van der Waals surface area contributed by atoms with Crippen LogP contribution in [0.2, 0.25) is 0 Å². The summed E-state index contributed by atoms with van der Waals surface area (Å²) in [6, 6.07) is 2.83. The highest BCUT2D eigenvalue weighted by molar-refractivity contribution is 6.16. The molecule has 2 nitrogen and oxygen atoms in total. The minimum Gasteiger partial charge on any atom is -0.321 e. The van der Waals surface area contributed by atoms with Crippen LogP contribution in [0.3, 0.4) is 0 Å². The van der Waals surface area contributed by atoms with Gasteiger partial charge in [0.2, 0.25) is 0 Å². The van der Waals surface area contributed by atoms with Crippen molar-refractivity contribution in [2.24, 2.45) is 0 Å². The predicted octanol–water partition coefficient (Wildman–Crippen LogP) is 5.34. The maximum absolute atomic E-state index is 14.3. The molecule has 0 spiro atoms. The van der Waals surface area contributed by atoms with Crippen molar-refractivity contribution in [2.75, 3.05) is 0 Å². The smallest absolute Gasteiger partial charge is 0.184 e. The van der Waals surface area contributed by atoms with E-state index in [4.69, 9.17) is 11.6 Å². The topological polar surface area (TPSA) is 17.8 Å². The standard InChI is InChI=1S/C16H19ClF2N2/c17-10-14-20-13-9-8-12(18)15(19)16(13)21(14)11-6-4-2-1-3-5-7-11/h8-9,11H,1-7,10H2. The number of hydrogen-bond donors (Lipinski definition) is 0. The van der Waals surface area contributed by atoms with Gasteiger partial charge >= 0.3 is 0 Å². The number of alkyl halides is 1. The van der Waals surface area contributed by atoms with E-state index in [1.807, 2.05) is 4.57 Å². The molecule has 3 rings (SSSR count). The second-order valence-corrected chi connectivity index (χ2v) is 6.03. The van der Waals surface area contributed by atoms with E-state index in [0.717, 1.165) is 31.7 Å². The van der Waals surface area contributed by atoms with Crippen LogP contribution in [0.5, 0.6) is 0 Å². The van der Waals surface area contributed by atoms with Gasteiger partial charge in [0, 0.05) is 6.04 Å². The van der Waals surface area contributed by atoms with E-state index in [0.29, 0.717) is 11.3 Å². The number of aromatic nitrogens is 2. The van der Waals surface area contributed by atoms with Crippen molar-refractivity contribution in [3.63, 3.8) is 0 Å². The highest BCUT2D eigenvalue weighted by Gasteiger charge is 2.23. The summed E-state index contributed by atoms with van der Waals surface area (Å²) in [4.78, 5) is 4.39. The summed E-state index contributed by atoms with van der Waals surface area (Å²) in [7, 11) is 0. The highest BCUT2D eigenvalue weighted by atomic mass is 35.5. The second kappa shape index (κ2) is 6.30. The summed E-state index contributed by atoms with van der Waals surface area (Å²) in [5.41, 5.74) is 0.767. The Morgan fingerprint density at radius 1 is 1.10 bits per heavy atom. The SMILES string of the molecule is Fc1ccc2nc(CCl)n(C3CCCCCCC3)c2c1F. The summed E-state index contributed by atoms with van der Waals surface area (Å²) in [5, 5.41) is 0. The lowest BCUT2D eigenvalue weighted by Gasteiger charge is -2.23. The van der Waals surface area contributed by atoms with Crippen LogP contribution < -0.4 is 0 Å². The molecule has 1 saturated carbocycles. The first kappa shape index (κ1) is 14.8. The van der Waals surface area contributed by atoms with Gasteiger partial charge in [0.1, 0.15) is 11.3 Å². The van der Waals surface area contributed by atoms with E-state index in [1.165, 1.54) is 25.3 Å². The number of hydrogen-bond acceptors (Lipinski definition) is 1. The third kappa shape index (κ3) is 2.78. The number of halogens is 3. The average molecular weight is 313 g/mol. The quantitative estimate of drug-likeness (QED) is 0.684. The minimum absolute atomic E-state index is 0.167. The summed E-state index contributed by atoms with van der Waals surface area (Å²) in [6.07, 6.45) is 7.86. The van der Waals surface area contributed by atoms with Crippen molar-refractivity contribution in [3.05, 3.63) is 29.6 Å². The number of nitrogens with zero attached hydrogens (tertiary/aromatic N) is 2. The van der Waals surface area contributed by atoms with Gasteiger partial charge in [-0.25, -0.2) is 13.8 Å². The van der Waals surface area contributed by atoms with Crippen LogP contribution in [0.1, 0.15) is 56.8 Å². The largest absolute Gasteiger partial charge is 0.321 e. The fourth-order valence-electron chi connectivity index (χ4n) is 3.35. The van der Waals surface area contributed by atoms with Crippen LogP contribution in [-0.4, -0.2) is 9.55 Å². The molecule has 0 N–H and O–H groups in total. The average Bonchev–Trinajstić information content (AvgIpc) is 2.82. The van der Waals surface area contributed by atoms with Crippen LogP contribution >= 0.6 is 11.6 Å². The number of rotatable bonds is 2. The third-order valence-electron chi connectivity index (χ3n) is 4.38. The molecule has 0 unspecified atom stereocenters. The van der Waals surface area contributed by atoms with Crippen LogP contribution in [0, 0.1) is 11.6 Å². The number of benzene rings is 1. The maximum atomic E-state index is 14.3. The van der Waals surface area contributed by atoms with Crippen LogP contribution in [-0.2, 0) is 5.88 Å². The molecule has 0 amide bonds. The molecule has 0 bridgehead atoms. The lowest BCUT2D eigenvalue weighted by molar-refractivity contribution is 0.370. The van der Waals surface area contributed by atoms with Gasteiger partial charge in [-0.05, 0) is 25.0 Å². The van der Waals surface area contributed by atoms with E-state index in [2.05, 4.69) is 4.98 Å². The van der Waals surface area contributed by atoms with Gasteiger partial charge in [0.15, 0.2) is 11.6 Å². The van der Waals surface area contributed by atoms with Gasteiger partial charge in [0.05, 0.1) is 11.4 Å². The molecule has 114 valence electrons. The molecule has 1 aromatic heterocycles. The Kier molecular flexibility index (Phi) is 4.43. The Labute approximate surface area is 128 Å². The van der Waals surface area contributed by atoms with E-state index < -0.39 is 11.6 Å². The Balaban J connectivity index is 2.11. The summed E-state index contributed by atoms with van der Waals surface area (Å²) < 4.78 is 29.7. The second-order valence-electron chi connectivity index (χ2n) is 5.76. The molecule has 0 atom stereocenters. The van der Waals surface area contributed by atoms with Gasteiger partial charge in [0.25, 0.3) is 0 Å². The molecule has 1 fully saturated rings. The van der Waals surface area contributed by atoms with E-state index in [9.17, 15) is 8.78 Å². The Morgan fingerprint density at radius 3 is 2.43 bits per heavy atom. The molecule has 1 aromatic carbocycles. The normalized spacial score (nSPS) is 17.9. The van der Waals surface area contributed by atoms with E-state index in [-0.39, 0.29) is 17.4 Å². The van der Waals surface area contributed by atoms with Crippen LogP contribution in [0.4, 0.5) is 8.78 Å². The van der Waals surface area contributed by atoms with Crippen molar-refractivity contribution < 1.29 is 8.78 Å². The molecule has 1 aliphatic carbocycles. The fourth-order valence-corrected chi connectivity index (χ4v) is 3.54. The predicted molar refractivity (Wildman–Crippen MR) is 80.6 cm³/mol. The molecule has 0 aliphatic heterocycles. The molecular weight excluding hydrogens is 294 g/mol. The number of imidazole rings is 1. The lowest BCUT2D eigenvalue weighted by atomic mass is 9.96. The van der Waals surface area contributed by atoms with Gasteiger partial charge in [-0.3, -0.25) is 0 Å². The highest BCUT2D eigenvalue weighted by Crippen LogP contribution is 2.33. The van der Waals surface area contributed by atoms with Gasteiger partial charge in [-0.15, -0.1) is 11.6 Å². The monoisotopic (exact) mass is 312 g/mol. The first-order valence-corrected chi connectivity index (χ1v) is 8.16. The molecule has 5 heteroatoms. The summed E-state index contributed by atoms with van der Waals surface area (Å²) >= 11 is 5.99. The van der Waals surface area contributed by atoms with Crippen LogP contribution in [0.15, 0.2) is 12.1 Å². The van der Waals surface area contributed by atoms with Gasteiger partial charge < -0.3 is 4.57 Å². The Hall–Kier alpha value is -1.16. The van der Waals surface area contributed by atoms with Crippen molar-refractivity contribution in [1.82, 2.24) is 9.55 Å². The zero-order valence-corrected chi connectivity index (χ0v) is 12.7. The van der Waals surface area contributed by atoms with Gasteiger partial charge in [-0.2, -0.15) is 0 Å². The van der Waals surface area contributed by atoms with E-state index in [1.54, 1.807) is 0 Å². The zero-order chi connectivity index (χ0) is 14.8. The Bertz CT molecular complexity index is 631. The first-order chi connectivity index (χ1) is 10.2. The maximum Gasteiger partial charge on any atom is 0.184 e. The molecule has 21 heavy (non-hydrogen) atoms. The van der Waals surface area contributed by atoms with Crippen molar-refractivity contribution in [1.29, 1.82) is 0 Å². The summed E-state index contributed by atoms with van der Waals surface area (Å²) in [6.45, 7) is 0. The summed E-state index contributed by atoms with van der Waals surface area (Å²) in [5.74, 6) is -0.775. The molecular formula is C16H19ClF2N2. The molecule has 1 heterocycles. The van der Waals surface area contributed by atoms with Crippen molar-refractivity contribution in [2.45, 2.75) is 56.9 Å². The van der Waals surface area contributed by atoms with Gasteiger partial charge in [-0.1, -0.05) is 32.1 Å². The Morgan fingerprint density at radius 2 is 1.76 bits per heavy atom.